The Bertz CT molecular complexity index is 923. The molecule has 9 heteroatoms. The van der Waals surface area contributed by atoms with Crippen LogP contribution in [0.5, 0.6) is 0 Å². The smallest absolute Gasteiger partial charge is 0.262 e. The van der Waals surface area contributed by atoms with Gasteiger partial charge in [0.2, 0.25) is 11.8 Å². The number of hydrogen-bond acceptors (Lipinski definition) is 6. The second-order valence-electron chi connectivity index (χ2n) is 8.29. The molecule has 2 fully saturated rings. The highest BCUT2D eigenvalue weighted by Gasteiger charge is 2.30. The summed E-state index contributed by atoms with van der Waals surface area (Å²) in [6.45, 7) is 5.18. The molecule has 0 unspecified atom stereocenters. The highest BCUT2D eigenvalue weighted by molar-refractivity contribution is 7.12. The molecule has 0 bridgehead atoms. The van der Waals surface area contributed by atoms with E-state index in [1.807, 2.05) is 46.7 Å². The third-order valence-electron chi connectivity index (χ3n) is 6.04. The summed E-state index contributed by atoms with van der Waals surface area (Å²) >= 11 is 1.36. The van der Waals surface area contributed by atoms with Crippen molar-refractivity contribution in [2.24, 2.45) is 0 Å². The highest BCUT2D eigenvalue weighted by Crippen LogP contribution is 2.13. The summed E-state index contributed by atoms with van der Waals surface area (Å²) in [5.41, 5.74) is 0.997. The normalized spacial score (nSPS) is 18.1. The van der Waals surface area contributed by atoms with Crippen molar-refractivity contribution in [3.05, 3.63) is 58.3 Å². The fourth-order valence-electron chi connectivity index (χ4n) is 4.14. The molecule has 1 aromatic carbocycles. The highest BCUT2D eigenvalue weighted by atomic mass is 32.1. The lowest BCUT2D eigenvalue weighted by atomic mass is 10.0. The summed E-state index contributed by atoms with van der Waals surface area (Å²) in [4.78, 5) is 44.9. The second kappa shape index (κ2) is 11.4. The monoisotopic (exact) mass is 470 g/mol. The number of ether oxygens (including phenoxy) is 1. The minimum Gasteiger partial charge on any atom is -0.378 e. The van der Waals surface area contributed by atoms with Gasteiger partial charge in [-0.25, -0.2) is 0 Å². The molecule has 0 saturated carbocycles. The summed E-state index contributed by atoms with van der Waals surface area (Å²) in [5, 5.41) is 4.79. The van der Waals surface area contributed by atoms with Crippen LogP contribution in [0.15, 0.2) is 47.8 Å². The van der Waals surface area contributed by atoms with E-state index in [4.69, 9.17) is 4.74 Å². The number of piperazine rings is 1. The van der Waals surface area contributed by atoms with Crippen LogP contribution < -0.4 is 5.32 Å². The number of nitrogens with one attached hydrogen (secondary N) is 1. The lowest BCUT2D eigenvalue weighted by molar-refractivity contribution is -0.138. The van der Waals surface area contributed by atoms with Crippen LogP contribution >= 0.6 is 11.3 Å². The topological polar surface area (TPSA) is 82.2 Å². The number of thiophene rings is 1. The minimum absolute atomic E-state index is 0.0806. The van der Waals surface area contributed by atoms with Crippen LogP contribution in [0.1, 0.15) is 15.2 Å². The molecule has 3 heterocycles. The molecule has 0 aliphatic carbocycles. The Balaban J connectivity index is 1.34. The number of carbonyl (C=O) groups excluding carboxylic acids is 3. The number of hydrogen-bond donors (Lipinski definition) is 1. The van der Waals surface area contributed by atoms with Gasteiger partial charge in [0, 0.05) is 45.7 Å². The van der Waals surface area contributed by atoms with Crippen molar-refractivity contribution >= 4 is 29.1 Å². The number of nitrogens with zero attached hydrogens (tertiary/aromatic N) is 3. The summed E-state index contributed by atoms with van der Waals surface area (Å²) in [5.74, 6) is -0.194. The van der Waals surface area contributed by atoms with Crippen LogP contribution in [-0.4, -0.2) is 97.5 Å². The maximum absolute atomic E-state index is 13.4. The quantitative estimate of drug-likeness (QED) is 0.655. The van der Waals surface area contributed by atoms with E-state index >= 15 is 0 Å². The maximum Gasteiger partial charge on any atom is 0.262 e. The lowest BCUT2D eigenvalue weighted by Crippen LogP contribution is -2.56. The molecule has 2 aliphatic rings. The van der Waals surface area contributed by atoms with Crippen molar-refractivity contribution in [1.82, 2.24) is 20.0 Å². The zero-order chi connectivity index (χ0) is 23.0. The fraction of sp³-hybridized carbons (Fsp3) is 0.458. The first kappa shape index (κ1) is 23.4. The molecular weight excluding hydrogens is 440 g/mol. The average Bonchev–Trinajstić information content (AvgIpc) is 3.40. The van der Waals surface area contributed by atoms with E-state index in [1.165, 1.54) is 11.3 Å². The Morgan fingerprint density at radius 2 is 1.64 bits per heavy atom. The van der Waals surface area contributed by atoms with Gasteiger partial charge in [-0.1, -0.05) is 36.4 Å². The van der Waals surface area contributed by atoms with E-state index < -0.39 is 6.04 Å². The Morgan fingerprint density at radius 3 is 2.30 bits per heavy atom. The van der Waals surface area contributed by atoms with Gasteiger partial charge >= 0.3 is 0 Å². The number of rotatable bonds is 7. The number of carbonyl (C=O) groups is 3. The van der Waals surface area contributed by atoms with Crippen molar-refractivity contribution in [2.45, 2.75) is 12.5 Å². The fourth-order valence-corrected chi connectivity index (χ4v) is 4.76. The standard InChI is InChI=1S/C24H30N4O4S/c29-22(27-12-14-32-15-13-27)18-26-8-10-28(11-9-26)24(31)20(17-19-5-2-1-3-6-19)25-23(30)21-7-4-16-33-21/h1-7,16,20H,8-15,17-18H2,(H,25,30)/t20-/m0/s1. The average molecular weight is 471 g/mol. The Morgan fingerprint density at radius 1 is 0.909 bits per heavy atom. The van der Waals surface area contributed by atoms with Crippen molar-refractivity contribution in [1.29, 1.82) is 0 Å². The first-order valence-corrected chi connectivity index (χ1v) is 12.2. The number of benzene rings is 1. The number of morpholine rings is 1. The zero-order valence-corrected chi connectivity index (χ0v) is 19.5. The van der Waals surface area contributed by atoms with Gasteiger partial charge in [0.05, 0.1) is 24.6 Å². The molecule has 3 amide bonds. The third kappa shape index (κ3) is 6.40. The Labute approximate surface area is 198 Å². The molecule has 1 aromatic heterocycles. The molecule has 0 spiro atoms. The Kier molecular flexibility index (Phi) is 8.09. The van der Waals surface area contributed by atoms with Crippen molar-refractivity contribution in [3.63, 3.8) is 0 Å². The molecule has 4 rings (SSSR count). The van der Waals surface area contributed by atoms with Gasteiger partial charge in [0.1, 0.15) is 6.04 Å². The van der Waals surface area contributed by atoms with Gasteiger partial charge in [0.15, 0.2) is 0 Å². The summed E-state index contributed by atoms with van der Waals surface area (Å²) in [6.07, 6.45) is 0.437. The maximum atomic E-state index is 13.4. The van der Waals surface area contributed by atoms with Crippen molar-refractivity contribution < 1.29 is 19.1 Å². The number of amides is 3. The molecule has 1 atom stereocenters. The SMILES string of the molecule is O=C(N[C@@H](Cc1ccccc1)C(=O)N1CCN(CC(=O)N2CCOCC2)CC1)c1cccs1. The molecular formula is C24H30N4O4S. The molecule has 8 nitrogen and oxygen atoms in total. The van der Waals surface area contributed by atoms with E-state index in [-0.39, 0.29) is 17.7 Å². The van der Waals surface area contributed by atoms with Crippen LogP contribution in [0.25, 0.3) is 0 Å². The van der Waals surface area contributed by atoms with Crippen molar-refractivity contribution in [3.8, 4) is 0 Å². The Hall–Kier alpha value is -2.75. The second-order valence-corrected chi connectivity index (χ2v) is 9.24. The largest absolute Gasteiger partial charge is 0.378 e. The van der Waals surface area contributed by atoms with Gasteiger partial charge in [-0.2, -0.15) is 0 Å². The van der Waals surface area contributed by atoms with E-state index in [2.05, 4.69) is 10.2 Å². The van der Waals surface area contributed by atoms with Gasteiger partial charge < -0.3 is 19.9 Å². The summed E-state index contributed by atoms with van der Waals surface area (Å²) < 4.78 is 5.32. The predicted octanol–water partition coefficient (Wildman–Crippen LogP) is 1.09. The molecule has 33 heavy (non-hydrogen) atoms. The van der Waals surface area contributed by atoms with Gasteiger partial charge in [-0.15, -0.1) is 11.3 Å². The summed E-state index contributed by atoms with van der Waals surface area (Å²) in [7, 11) is 0. The van der Waals surface area contributed by atoms with E-state index in [1.54, 1.807) is 11.0 Å². The summed E-state index contributed by atoms with van der Waals surface area (Å²) in [6, 6.07) is 12.7. The van der Waals surface area contributed by atoms with E-state index in [0.29, 0.717) is 70.3 Å². The van der Waals surface area contributed by atoms with Gasteiger partial charge in [0.25, 0.3) is 5.91 Å². The zero-order valence-electron chi connectivity index (χ0n) is 18.7. The third-order valence-corrected chi connectivity index (χ3v) is 6.91. The van der Waals surface area contributed by atoms with Crippen LogP contribution in [0.2, 0.25) is 0 Å². The van der Waals surface area contributed by atoms with Crippen LogP contribution in [0, 0.1) is 0 Å². The predicted molar refractivity (Wildman–Crippen MR) is 126 cm³/mol. The molecule has 0 radical (unpaired) electrons. The molecule has 2 aliphatic heterocycles. The molecule has 2 saturated heterocycles. The van der Waals surface area contributed by atoms with Gasteiger partial charge in [-0.05, 0) is 17.0 Å². The lowest BCUT2D eigenvalue weighted by Gasteiger charge is -2.37. The molecule has 1 N–H and O–H groups in total. The first-order valence-electron chi connectivity index (χ1n) is 11.3. The van der Waals surface area contributed by atoms with Crippen LogP contribution in [0.4, 0.5) is 0 Å². The molecule has 176 valence electrons. The van der Waals surface area contributed by atoms with Gasteiger partial charge in [-0.3, -0.25) is 19.3 Å². The van der Waals surface area contributed by atoms with E-state index in [9.17, 15) is 14.4 Å². The molecule has 2 aromatic rings. The van der Waals surface area contributed by atoms with Crippen LogP contribution in [-0.2, 0) is 20.7 Å². The van der Waals surface area contributed by atoms with Crippen LogP contribution in [0.3, 0.4) is 0 Å². The van der Waals surface area contributed by atoms with E-state index in [0.717, 1.165) is 5.56 Å². The van der Waals surface area contributed by atoms with Crippen molar-refractivity contribution in [2.75, 3.05) is 59.0 Å². The minimum atomic E-state index is -0.636. The first-order chi connectivity index (χ1) is 16.1.